The molecule has 1 amide bonds. The van der Waals surface area contributed by atoms with Gasteiger partial charge in [-0.15, -0.1) is 0 Å². The quantitative estimate of drug-likeness (QED) is 0.381. The van der Waals surface area contributed by atoms with Gasteiger partial charge in [0.25, 0.3) is 5.91 Å². The van der Waals surface area contributed by atoms with Crippen molar-refractivity contribution in [2.24, 2.45) is 0 Å². The van der Waals surface area contributed by atoms with E-state index in [1.54, 1.807) is 54.6 Å². The maximum Gasteiger partial charge on any atom is 0.265 e. The maximum absolute atomic E-state index is 13.4. The van der Waals surface area contributed by atoms with Gasteiger partial charge < -0.3 is 14.5 Å². The predicted octanol–water partition coefficient (Wildman–Crippen LogP) is 6.22. The van der Waals surface area contributed by atoms with Crippen LogP contribution in [0, 0.1) is 6.92 Å². The van der Waals surface area contributed by atoms with Crippen molar-refractivity contribution in [3.63, 3.8) is 0 Å². The molecule has 0 saturated carbocycles. The molecule has 1 heterocycles. The molecule has 4 rings (SSSR count). The molecule has 1 N–H and O–H groups in total. The Kier molecular flexibility index (Phi) is 6.28. The van der Waals surface area contributed by atoms with Crippen LogP contribution in [0.5, 0.6) is 5.75 Å². The largest absolute Gasteiger partial charge is 0.473 e. The first-order chi connectivity index (χ1) is 15.5. The van der Waals surface area contributed by atoms with Crippen molar-refractivity contribution in [3.8, 4) is 17.1 Å². The smallest absolute Gasteiger partial charge is 0.265 e. The lowest BCUT2D eigenvalue weighted by molar-refractivity contribution is -0.122. The van der Waals surface area contributed by atoms with Crippen molar-refractivity contribution in [1.29, 1.82) is 0 Å². The highest BCUT2D eigenvalue weighted by atomic mass is 35.5. The molecule has 3 aromatic carbocycles. The van der Waals surface area contributed by atoms with Gasteiger partial charge in [-0.2, -0.15) is 0 Å². The third kappa shape index (κ3) is 4.39. The molecular weight excluding hydrogens is 426 g/mol. The van der Waals surface area contributed by atoms with Crippen molar-refractivity contribution in [1.82, 2.24) is 0 Å². The molecule has 1 aromatic heterocycles. The summed E-state index contributed by atoms with van der Waals surface area (Å²) < 4.78 is 12.1. The second-order valence-corrected chi connectivity index (χ2v) is 7.85. The number of amides is 1. The Morgan fingerprint density at radius 1 is 1.06 bits per heavy atom. The average Bonchev–Trinajstić information content (AvgIpc) is 2.79. The highest BCUT2D eigenvalue weighted by Crippen LogP contribution is 2.35. The fourth-order valence-electron chi connectivity index (χ4n) is 3.46. The second kappa shape index (κ2) is 9.28. The molecule has 1 atom stereocenters. The molecule has 0 fully saturated rings. The number of anilines is 1. The molecule has 0 aliphatic rings. The van der Waals surface area contributed by atoms with Gasteiger partial charge in [-0.05, 0) is 55.3 Å². The van der Waals surface area contributed by atoms with Gasteiger partial charge in [0.05, 0.1) is 10.4 Å². The standard InChI is InChI=1S/C26H22ClNO4/c1-3-21(26(30)28-17-10-8-9-16(2)15-17)31-25-23(29)19-12-5-7-14-22(19)32-24(25)18-11-4-6-13-20(18)27/h4-15,21H,3H2,1-2H3,(H,28,30). The zero-order valence-corrected chi connectivity index (χ0v) is 18.5. The van der Waals surface area contributed by atoms with E-state index in [0.29, 0.717) is 33.7 Å². The average molecular weight is 448 g/mol. The molecule has 6 heteroatoms. The molecule has 0 spiro atoms. The van der Waals surface area contributed by atoms with Crippen LogP contribution in [-0.2, 0) is 4.79 Å². The van der Waals surface area contributed by atoms with Gasteiger partial charge in [-0.3, -0.25) is 9.59 Å². The number of rotatable bonds is 6. The van der Waals surface area contributed by atoms with Crippen molar-refractivity contribution >= 4 is 34.2 Å². The Bertz CT molecular complexity index is 1350. The van der Waals surface area contributed by atoms with Crippen LogP contribution in [0.25, 0.3) is 22.3 Å². The van der Waals surface area contributed by atoms with E-state index in [0.717, 1.165) is 5.56 Å². The first-order valence-electron chi connectivity index (χ1n) is 10.3. The van der Waals surface area contributed by atoms with Gasteiger partial charge in [-0.25, -0.2) is 0 Å². The first kappa shape index (κ1) is 21.7. The molecule has 0 radical (unpaired) electrons. The van der Waals surface area contributed by atoms with Crippen LogP contribution < -0.4 is 15.5 Å². The molecule has 4 aromatic rings. The zero-order valence-electron chi connectivity index (χ0n) is 17.7. The van der Waals surface area contributed by atoms with Crippen molar-refractivity contribution in [2.75, 3.05) is 5.32 Å². The summed E-state index contributed by atoms with van der Waals surface area (Å²) in [4.78, 5) is 26.3. The van der Waals surface area contributed by atoms with Crippen LogP contribution in [0.15, 0.2) is 82.0 Å². The molecule has 0 bridgehead atoms. The Balaban J connectivity index is 1.77. The van der Waals surface area contributed by atoms with Crippen molar-refractivity contribution in [2.45, 2.75) is 26.4 Å². The van der Waals surface area contributed by atoms with E-state index in [-0.39, 0.29) is 22.8 Å². The number of nitrogens with one attached hydrogen (secondary N) is 1. The van der Waals surface area contributed by atoms with E-state index in [1.807, 2.05) is 32.0 Å². The maximum atomic E-state index is 13.4. The number of carbonyl (C=O) groups excluding carboxylic acids is 1. The minimum atomic E-state index is -0.902. The Morgan fingerprint density at radius 2 is 1.81 bits per heavy atom. The van der Waals surface area contributed by atoms with Crippen LogP contribution in [0.4, 0.5) is 5.69 Å². The summed E-state index contributed by atoms with van der Waals surface area (Å²) in [6, 6.07) is 21.4. The number of carbonyl (C=O) groups is 1. The number of para-hydroxylation sites is 1. The first-order valence-corrected chi connectivity index (χ1v) is 10.7. The predicted molar refractivity (Wildman–Crippen MR) is 127 cm³/mol. The summed E-state index contributed by atoms with van der Waals surface area (Å²) in [5, 5.41) is 3.64. The Hall–Kier alpha value is -3.57. The van der Waals surface area contributed by atoms with Crippen LogP contribution in [-0.4, -0.2) is 12.0 Å². The third-order valence-electron chi connectivity index (χ3n) is 5.08. The van der Waals surface area contributed by atoms with E-state index < -0.39 is 6.10 Å². The van der Waals surface area contributed by atoms with E-state index in [4.69, 9.17) is 20.8 Å². The summed E-state index contributed by atoms with van der Waals surface area (Å²) in [6.07, 6.45) is -0.549. The molecule has 0 saturated heterocycles. The second-order valence-electron chi connectivity index (χ2n) is 7.44. The molecule has 0 aliphatic heterocycles. The van der Waals surface area contributed by atoms with Gasteiger partial charge in [0.15, 0.2) is 11.9 Å². The monoisotopic (exact) mass is 447 g/mol. The minimum absolute atomic E-state index is 0.0388. The number of ether oxygens (including phenoxy) is 1. The molecule has 0 aliphatic carbocycles. The Morgan fingerprint density at radius 3 is 2.56 bits per heavy atom. The summed E-state index contributed by atoms with van der Waals surface area (Å²) in [5.74, 6) is -0.195. The van der Waals surface area contributed by atoms with Gasteiger partial charge in [0.1, 0.15) is 5.58 Å². The molecule has 5 nitrogen and oxygen atoms in total. The van der Waals surface area contributed by atoms with Gasteiger partial charge in [0, 0.05) is 11.3 Å². The minimum Gasteiger partial charge on any atom is -0.473 e. The van der Waals surface area contributed by atoms with E-state index in [2.05, 4.69) is 5.32 Å². The molecule has 162 valence electrons. The molecule has 32 heavy (non-hydrogen) atoms. The highest BCUT2D eigenvalue weighted by molar-refractivity contribution is 6.33. The highest BCUT2D eigenvalue weighted by Gasteiger charge is 2.25. The topological polar surface area (TPSA) is 68.5 Å². The summed E-state index contributed by atoms with van der Waals surface area (Å²) >= 11 is 6.39. The summed E-state index contributed by atoms with van der Waals surface area (Å²) in [7, 11) is 0. The molecular formula is C26H22ClNO4. The lowest BCUT2D eigenvalue weighted by Gasteiger charge is -2.19. The fourth-order valence-corrected chi connectivity index (χ4v) is 3.69. The lowest BCUT2D eigenvalue weighted by Crippen LogP contribution is -2.34. The third-order valence-corrected chi connectivity index (χ3v) is 5.41. The fraction of sp³-hybridized carbons (Fsp3) is 0.154. The number of benzene rings is 3. The number of fused-ring (bicyclic) bond motifs is 1. The van der Waals surface area contributed by atoms with E-state index in [1.165, 1.54) is 0 Å². The number of aryl methyl sites for hydroxylation is 1. The van der Waals surface area contributed by atoms with Gasteiger partial charge >= 0.3 is 0 Å². The van der Waals surface area contributed by atoms with Gasteiger partial charge in [-0.1, -0.05) is 54.9 Å². The van der Waals surface area contributed by atoms with E-state index in [9.17, 15) is 9.59 Å². The van der Waals surface area contributed by atoms with E-state index >= 15 is 0 Å². The van der Waals surface area contributed by atoms with Gasteiger partial charge in [0.2, 0.25) is 11.2 Å². The number of hydrogen-bond donors (Lipinski definition) is 1. The zero-order chi connectivity index (χ0) is 22.7. The van der Waals surface area contributed by atoms with Crippen LogP contribution in [0.2, 0.25) is 5.02 Å². The summed E-state index contributed by atoms with van der Waals surface area (Å²) in [5.41, 5.74) is 2.25. The van der Waals surface area contributed by atoms with Crippen molar-refractivity contribution < 1.29 is 13.9 Å². The number of halogens is 1. The SMILES string of the molecule is CCC(Oc1c(-c2ccccc2Cl)oc2ccccc2c1=O)C(=O)Nc1cccc(C)c1. The molecule has 1 unspecified atom stereocenters. The van der Waals surface area contributed by atoms with Crippen LogP contribution in [0.1, 0.15) is 18.9 Å². The van der Waals surface area contributed by atoms with Crippen LogP contribution in [0.3, 0.4) is 0 Å². The van der Waals surface area contributed by atoms with Crippen LogP contribution >= 0.6 is 11.6 Å². The normalized spacial score (nSPS) is 11.8. The summed E-state index contributed by atoms with van der Waals surface area (Å²) in [6.45, 7) is 3.76. The Labute approximate surface area is 190 Å². The number of hydrogen-bond acceptors (Lipinski definition) is 4. The lowest BCUT2D eigenvalue weighted by atomic mass is 10.1. The van der Waals surface area contributed by atoms with Crippen molar-refractivity contribution in [3.05, 3.63) is 93.6 Å².